The summed E-state index contributed by atoms with van der Waals surface area (Å²) in [4.78, 5) is 22.9. The minimum absolute atomic E-state index is 0.164. The third-order valence-electron chi connectivity index (χ3n) is 5.00. The molecule has 5 nitrogen and oxygen atoms in total. The van der Waals surface area contributed by atoms with Gasteiger partial charge in [0.05, 0.1) is 22.9 Å². The Morgan fingerprint density at radius 3 is 2.48 bits per heavy atom. The summed E-state index contributed by atoms with van der Waals surface area (Å²) in [5, 5.41) is 0. The summed E-state index contributed by atoms with van der Waals surface area (Å²) in [5.41, 5.74) is 3.66. The molecule has 5 heteroatoms. The lowest BCUT2D eigenvalue weighted by Gasteiger charge is -2.32. The fourth-order valence-corrected chi connectivity index (χ4v) is 3.44. The summed E-state index contributed by atoms with van der Waals surface area (Å²) < 4.78 is 6.10. The molecule has 0 unspecified atom stereocenters. The summed E-state index contributed by atoms with van der Waals surface area (Å²) in [7, 11) is 0. The van der Waals surface area contributed by atoms with E-state index in [0.29, 0.717) is 6.42 Å². The zero-order valence-corrected chi connectivity index (χ0v) is 15.5. The normalized spacial score (nSPS) is 15.1. The van der Waals surface area contributed by atoms with Gasteiger partial charge in [0.15, 0.2) is 0 Å². The average molecular weight is 361 g/mol. The van der Waals surface area contributed by atoms with E-state index in [1.54, 1.807) is 6.20 Å². The molecule has 138 valence electrons. The monoisotopic (exact) mass is 361 g/mol. The number of hydrogen-bond donors (Lipinski definition) is 0. The molecule has 0 N–H and O–H groups in total. The van der Waals surface area contributed by atoms with Gasteiger partial charge in [0, 0.05) is 37.9 Å². The predicted molar refractivity (Wildman–Crippen MR) is 105 cm³/mol. The van der Waals surface area contributed by atoms with Crippen molar-refractivity contribution >= 4 is 16.9 Å². The first-order chi connectivity index (χ1) is 13.2. The molecular formula is C22H23N3O2. The summed E-state index contributed by atoms with van der Waals surface area (Å²) in [5.74, 6) is 1.09. The van der Waals surface area contributed by atoms with Crippen LogP contribution in [0.1, 0.15) is 26.2 Å². The van der Waals surface area contributed by atoms with Gasteiger partial charge >= 0.3 is 0 Å². The zero-order chi connectivity index (χ0) is 18.6. The number of amides is 1. The van der Waals surface area contributed by atoms with Crippen LogP contribution < -0.4 is 4.74 Å². The van der Waals surface area contributed by atoms with Crippen molar-refractivity contribution in [1.29, 1.82) is 0 Å². The summed E-state index contributed by atoms with van der Waals surface area (Å²) >= 11 is 0. The van der Waals surface area contributed by atoms with E-state index in [9.17, 15) is 4.79 Å². The molecule has 1 aliphatic rings. The van der Waals surface area contributed by atoms with Gasteiger partial charge in [0.2, 0.25) is 5.91 Å². The van der Waals surface area contributed by atoms with Crippen LogP contribution in [-0.4, -0.2) is 40.0 Å². The second-order valence-corrected chi connectivity index (χ2v) is 6.82. The first kappa shape index (κ1) is 17.5. The Labute approximate surface area is 159 Å². The maximum atomic E-state index is 11.8. The van der Waals surface area contributed by atoms with Crippen LogP contribution >= 0.6 is 0 Å². The summed E-state index contributed by atoms with van der Waals surface area (Å²) in [6.07, 6.45) is 4.30. The van der Waals surface area contributed by atoms with Gasteiger partial charge in [-0.25, -0.2) is 4.98 Å². The summed E-state index contributed by atoms with van der Waals surface area (Å²) in [6, 6.07) is 15.9. The first-order valence-electron chi connectivity index (χ1n) is 9.49. The lowest BCUT2D eigenvalue weighted by molar-refractivity contribution is -0.132. The van der Waals surface area contributed by atoms with Gasteiger partial charge in [-0.2, -0.15) is 0 Å². The second-order valence-electron chi connectivity index (χ2n) is 6.82. The molecule has 1 amide bonds. The van der Waals surface area contributed by atoms with Crippen molar-refractivity contribution in [3.63, 3.8) is 0 Å². The molecule has 3 aromatic rings. The Hall–Kier alpha value is -2.95. The molecule has 0 spiro atoms. The fraction of sp³-hybridized carbons (Fsp3) is 0.318. The highest BCUT2D eigenvalue weighted by molar-refractivity contribution is 5.77. The Bertz CT molecular complexity index is 932. The molecule has 0 atom stereocenters. The Balaban J connectivity index is 1.41. The molecule has 2 aromatic carbocycles. The molecule has 2 heterocycles. The van der Waals surface area contributed by atoms with E-state index >= 15 is 0 Å². The van der Waals surface area contributed by atoms with Gasteiger partial charge in [-0.15, -0.1) is 0 Å². The van der Waals surface area contributed by atoms with Crippen LogP contribution in [0.4, 0.5) is 0 Å². The number of carbonyl (C=O) groups is 1. The van der Waals surface area contributed by atoms with E-state index in [1.165, 1.54) is 0 Å². The van der Waals surface area contributed by atoms with Crippen molar-refractivity contribution in [3.05, 3.63) is 54.7 Å². The standard InChI is InChI=1S/C22H23N3O2/c1-2-22(26)25-13-11-18(12-14-25)27-17-9-7-16(8-10-17)21-15-23-19-5-3-4-6-20(19)24-21/h3-10,15,18H,2,11-14H2,1H3. The van der Waals surface area contributed by atoms with Crippen LogP contribution in [0.15, 0.2) is 54.7 Å². The van der Waals surface area contributed by atoms with E-state index in [-0.39, 0.29) is 12.0 Å². The number of fused-ring (bicyclic) bond motifs is 1. The number of benzene rings is 2. The quantitative estimate of drug-likeness (QED) is 0.703. The molecule has 1 aliphatic heterocycles. The minimum atomic E-state index is 0.164. The maximum absolute atomic E-state index is 11.8. The topological polar surface area (TPSA) is 55.3 Å². The van der Waals surface area contributed by atoms with Gasteiger partial charge in [0.25, 0.3) is 0 Å². The minimum Gasteiger partial charge on any atom is -0.490 e. The number of aromatic nitrogens is 2. The molecule has 0 radical (unpaired) electrons. The van der Waals surface area contributed by atoms with E-state index in [0.717, 1.165) is 54.0 Å². The molecule has 0 bridgehead atoms. The Morgan fingerprint density at radius 1 is 1.07 bits per heavy atom. The SMILES string of the molecule is CCC(=O)N1CCC(Oc2ccc(-c3cnc4ccccc4n3)cc2)CC1. The molecule has 27 heavy (non-hydrogen) atoms. The number of ether oxygens (including phenoxy) is 1. The van der Waals surface area contributed by atoms with Gasteiger partial charge in [-0.1, -0.05) is 19.1 Å². The molecular weight excluding hydrogens is 338 g/mol. The van der Waals surface area contributed by atoms with Gasteiger partial charge in [-0.3, -0.25) is 9.78 Å². The van der Waals surface area contributed by atoms with E-state index < -0.39 is 0 Å². The number of carbonyl (C=O) groups excluding carboxylic acids is 1. The third kappa shape index (κ3) is 3.92. The van der Waals surface area contributed by atoms with Gasteiger partial charge < -0.3 is 9.64 Å². The third-order valence-corrected chi connectivity index (χ3v) is 5.00. The van der Waals surface area contributed by atoms with Crippen molar-refractivity contribution in [1.82, 2.24) is 14.9 Å². The number of nitrogens with zero attached hydrogens (tertiary/aromatic N) is 3. The van der Waals surface area contributed by atoms with Crippen LogP contribution in [0, 0.1) is 0 Å². The second kappa shape index (κ2) is 7.74. The van der Waals surface area contributed by atoms with Crippen molar-refractivity contribution in [3.8, 4) is 17.0 Å². The predicted octanol–water partition coefficient (Wildman–Crippen LogP) is 4.08. The number of likely N-dealkylation sites (tertiary alicyclic amines) is 1. The highest BCUT2D eigenvalue weighted by Gasteiger charge is 2.22. The van der Waals surface area contributed by atoms with Crippen LogP contribution in [-0.2, 0) is 4.79 Å². The number of rotatable bonds is 4. The van der Waals surface area contributed by atoms with Crippen molar-refractivity contribution in [2.45, 2.75) is 32.3 Å². The zero-order valence-electron chi connectivity index (χ0n) is 15.5. The van der Waals surface area contributed by atoms with Crippen LogP contribution in [0.5, 0.6) is 5.75 Å². The highest BCUT2D eigenvalue weighted by atomic mass is 16.5. The maximum Gasteiger partial charge on any atom is 0.222 e. The summed E-state index contributed by atoms with van der Waals surface area (Å²) in [6.45, 7) is 3.47. The van der Waals surface area contributed by atoms with Crippen LogP contribution in [0.25, 0.3) is 22.3 Å². The number of hydrogen-bond acceptors (Lipinski definition) is 4. The average Bonchev–Trinajstić information content (AvgIpc) is 2.74. The first-order valence-corrected chi connectivity index (χ1v) is 9.49. The molecule has 4 rings (SSSR count). The number of para-hydroxylation sites is 2. The van der Waals surface area contributed by atoms with Crippen molar-refractivity contribution in [2.24, 2.45) is 0 Å². The van der Waals surface area contributed by atoms with E-state index in [4.69, 9.17) is 4.74 Å². The molecule has 0 aliphatic carbocycles. The van der Waals surface area contributed by atoms with E-state index in [1.807, 2.05) is 60.4 Å². The largest absolute Gasteiger partial charge is 0.490 e. The van der Waals surface area contributed by atoms with Gasteiger partial charge in [-0.05, 0) is 36.4 Å². The van der Waals surface area contributed by atoms with Crippen molar-refractivity contribution < 1.29 is 9.53 Å². The molecule has 1 aromatic heterocycles. The van der Waals surface area contributed by atoms with Gasteiger partial charge in [0.1, 0.15) is 11.9 Å². The molecule has 0 saturated carbocycles. The van der Waals surface area contributed by atoms with E-state index in [2.05, 4.69) is 9.97 Å². The smallest absolute Gasteiger partial charge is 0.222 e. The fourth-order valence-electron chi connectivity index (χ4n) is 3.44. The molecule has 1 fully saturated rings. The van der Waals surface area contributed by atoms with Crippen molar-refractivity contribution in [2.75, 3.05) is 13.1 Å². The lowest BCUT2D eigenvalue weighted by atomic mass is 10.1. The Morgan fingerprint density at radius 2 is 1.78 bits per heavy atom. The molecule has 1 saturated heterocycles. The Kier molecular flexibility index (Phi) is 5.01. The van der Waals surface area contributed by atoms with Crippen LogP contribution in [0.3, 0.4) is 0 Å². The highest BCUT2D eigenvalue weighted by Crippen LogP contribution is 2.24. The lowest BCUT2D eigenvalue weighted by Crippen LogP contribution is -2.41. The number of piperidine rings is 1. The van der Waals surface area contributed by atoms with Crippen LogP contribution in [0.2, 0.25) is 0 Å².